The lowest BCUT2D eigenvalue weighted by Crippen LogP contribution is -2.15. The second-order valence-corrected chi connectivity index (χ2v) is 5.76. The molecule has 0 aliphatic carbocycles. The molecule has 2 rings (SSSR count). The fourth-order valence-corrected chi connectivity index (χ4v) is 2.70. The maximum absolute atomic E-state index is 9.00. The normalized spacial score (nSPS) is 10.5. The molecule has 2 aromatic rings. The topological polar surface area (TPSA) is 36.4 Å². The van der Waals surface area contributed by atoms with Crippen LogP contribution in [-0.4, -0.2) is 17.1 Å². The number of nitrogens with zero attached hydrogens (tertiary/aromatic N) is 2. The first-order valence-electron chi connectivity index (χ1n) is 5.20. The van der Waals surface area contributed by atoms with Crippen LogP contribution in [0.25, 0.3) is 0 Å². The summed E-state index contributed by atoms with van der Waals surface area (Å²) in [6.45, 7) is 0.861. The fourth-order valence-electron chi connectivity index (χ4n) is 1.52. The van der Waals surface area contributed by atoms with E-state index in [-0.39, 0.29) is 6.61 Å². The lowest BCUT2D eigenvalue weighted by atomic mass is 10.2. The van der Waals surface area contributed by atoms with Crippen LogP contribution < -0.4 is 4.90 Å². The Bertz CT molecular complexity index is 501. The predicted molar refractivity (Wildman–Crippen MR) is 74.3 cm³/mol. The van der Waals surface area contributed by atoms with Crippen molar-refractivity contribution in [2.24, 2.45) is 0 Å². The second kappa shape index (κ2) is 5.62. The fraction of sp³-hybridized carbons (Fsp3) is 0.250. The Kier molecular flexibility index (Phi) is 4.15. The Labute approximate surface area is 113 Å². The van der Waals surface area contributed by atoms with Gasteiger partial charge in [0.15, 0.2) is 5.13 Å². The van der Waals surface area contributed by atoms with Crippen LogP contribution in [-0.2, 0) is 13.2 Å². The first kappa shape index (κ1) is 12.5. The van der Waals surface area contributed by atoms with Crippen molar-refractivity contribution < 1.29 is 5.11 Å². The first-order chi connectivity index (χ1) is 8.19. The molecule has 0 fully saturated rings. The number of anilines is 1. The summed E-state index contributed by atoms with van der Waals surface area (Å²) in [4.78, 5) is 7.24. The zero-order chi connectivity index (χ0) is 12.3. The molecule has 1 N–H and O–H groups in total. The molecular weight excluding hydrogens is 300 g/mol. The van der Waals surface area contributed by atoms with Crippen molar-refractivity contribution >= 4 is 32.4 Å². The summed E-state index contributed by atoms with van der Waals surface area (Å²) in [7, 11) is 2.00. The van der Waals surface area contributed by atoms with E-state index in [1.54, 1.807) is 6.20 Å². The number of aliphatic hydroxyl groups is 1. The van der Waals surface area contributed by atoms with Crippen molar-refractivity contribution in [3.8, 4) is 0 Å². The van der Waals surface area contributed by atoms with Gasteiger partial charge in [0.25, 0.3) is 0 Å². The van der Waals surface area contributed by atoms with Crippen LogP contribution in [0.4, 0.5) is 5.13 Å². The van der Waals surface area contributed by atoms with E-state index in [0.29, 0.717) is 0 Å². The van der Waals surface area contributed by atoms with Gasteiger partial charge in [-0.25, -0.2) is 4.98 Å². The van der Waals surface area contributed by atoms with Crippen molar-refractivity contribution in [3.63, 3.8) is 0 Å². The molecule has 0 unspecified atom stereocenters. The van der Waals surface area contributed by atoms with Crippen LogP contribution in [0.2, 0.25) is 0 Å². The number of benzene rings is 1. The third-order valence-corrected chi connectivity index (χ3v) is 3.92. The number of halogens is 1. The van der Waals surface area contributed by atoms with Crippen molar-refractivity contribution in [3.05, 3.63) is 45.4 Å². The van der Waals surface area contributed by atoms with E-state index in [1.807, 2.05) is 19.2 Å². The maximum atomic E-state index is 9.00. The molecule has 0 spiro atoms. The van der Waals surface area contributed by atoms with Gasteiger partial charge in [0.05, 0.1) is 11.5 Å². The van der Waals surface area contributed by atoms with Crippen molar-refractivity contribution in [2.75, 3.05) is 11.9 Å². The van der Waals surface area contributed by atoms with Gasteiger partial charge in [-0.15, -0.1) is 0 Å². The van der Waals surface area contributed by atoms with Gasteiger partial charge in [0, 0.05) is 24.3 Å². The van der Waals surface area contributed by atoms with Crippen molar-refractivity contribution in [1.82, 2.24) is 4.98 Å². The van der Waals surface area contributed by atoms with Crippen LogP contribution in [0, 0.1) is 0 Å². The highest BCUT2D eigenvalue weighted by molar-refractivity contribution is 9.10. The summed E-state index contributed by atoms with van der Waals surface area (Å²) >= 11 is 4.98. The Morgan fingerprint density at radius 2 is 2.29 bits per heavy atom. The molecule has 1 heterocycles. The highest BCUT2D eigenvalue weighted by Crippen LogP contribution is 2.23. The minimum atomic E-state index is 0.0579. The molecule has 0 saturated carbocycles. The number of rotatable bonds is 4. The summed E-state index contributed by atoms with van der Waals surface area (Å²) < 4.78 is 1.08. The van der Waals surface area contributed by atoms with Gasteiger partial charge in [-0.2, -0.15) is 0 Å². The molecule has 0 aliphatic rings. The number of aromatic nitrogens is 1. The SMILES string of the molecule is CN(Cc1cccc(Br)c1)c1ncc(CO)s1. The van der Waals surface area contributed by atoms with Gasteiger partial charge in [-0.05, 0) is 17.7 Å². The molecule has 17 heavy (non-hydrogen) atoms. The van der Waals surface area contributed by atoms with E-state index in [2.05, 4.69) is 37.9 Å². The number of aliphatic hydroxyl groups excluding tert-OH is 1. The molecule has 0 amide bonds. The van der Waals surface area contributed by atoms with E-state index in [0.717, 1.165) is 21.0 Å². The van der Waals surface area contributed by atoms with Crippen molar-refractivity contribution in [2.45, 2.75) is 13.2 Å². The average Bonchev–Trinajstić information content (AvgIpc) is 2.77. The van der Waals surface area contributed by atoms with Crippen LogP contribution in [0.3, 0.4) is 0 Å². The monoisotopic (exact) mass is 312 g/mol. The Morgan fingerprint density at radius 1 is 1.47 bits per heavy atom. The molecule has 3 nitrogen and oxygen atoms in total. The standard InChI is InChI=1S/C12H13BrN2OS/c1-15(12-14-6-11(8-16)17-12)7-9-3-2-4-10(13)5-9/h2-6,16H,7-8H2,1H3. The molecule has 0 atom stereocenters. The Morgan fingerprint density at radius 3 is 2.94 bits per heavy atom. The van der Waals surface area contributed by atoms with Gasteiger partial charge in [-0.3, -0.25) is 0 Å². The largest absolute Gasteiger partial charge is 0.391 e. The van der Waals surface area contributed by atoms with Crippen LogP contribution in [0.1, 0.15) is 10.4 Å². The summed E-state index contributed by atoms with van der Waals surface area (Å²) in [5, 5.41) is 9.93. The van der Waals surface area contributed by atoms with Gasteiger partial charge in [-0.1, -0.05) is 39.4 Å². The first-order valence-corrected chi connectivity index (χ1v) is 6.81. The average molecular weight is 313 g/mol. The maximum Gasteiger partial charge on any atom is 0.185 e. The quantitative estimate of drug-likeness (QED) is 0.942. The molecule has 0 saturated heterocycles. The van der Waals surface area contributed by atoms with Gasteiger partial charge < -0.3 is 10.0 Å². The lowest BCUT2D eigenvalue weighted by molar-refractivity contribution is 0.285. The molecule has 1 aromatic carbocycles. The van der Waals surface area contributed by atoms with Gasteiger partial charge >= 0.3 is 0 Å². The van der Waals surface area contributed by atoms with Gasteiger partial charge in [0.2, 0.25) is 0 Å². The predicted octanol–water partition coefficient (Wildman–Crippen LogP) is 3.03. The highest BCUT2D eigenvalue weighted by Gasteiger charge is 2.07. The molecule has 90 valence electrons. The molecular formula is C12H13BrN2OS. The van der Waals surface area contributed by atoms with E-state index in [9.17, 15) is 0 Å². The Balaban J connectivity index is 2.08. The second-order valence-electron chi connectivity index (χ2n) is 3.75. The molecule has 0 radical (unpaired) electrons. The zero-order valence-corrected chi connectivity index (χ0v) is 11.8. The molecule has 0 bridgehead atoms. The summed E-state index contributed by atoms with van der Waals surface area (Å²) in [5.41, 5.74) is 1.22. The third kappa shape index (κ3) is 3.28. The lowest BCUT2D eigenvalue weighted by Gasteiger charge is -2.15. The van der Waals surface area contributed by atoms with Crippen LogP contribution in [0.5, 0.6) is 0 Å². The van der Waals surface area contributed by atoms with E-state index < -0.39 is 0 Å². The third-order valence-electron chi connectivity index (χ3n) is 2.33. The minimum absolute atomic E-state index is 0.0579. The molecule has 5 heteroatoms. The zero-order valence-electron chi connectivity index (χ0n) is 9.43. The molecule has 0 aliphatic heterocycles. The van der Waals surface area contributed by atoms with Crippen LogP contribution >= 0.6 is 27.3 Å². The smallest absolute Gasteiger partial charge is 0.185 e. The van der Waals surface area contributed by atoms with E-state index in [1.165, 1.54) is 16.9 Å². The number of hydrogen-bond acceptors (Lipinski definition) is 4. The van der Waals surface area contributed by atoms with Crippen molar-refractivity contribution in [1.29, 1.82) is 0 Å². The number of thiazole rings is 1. The van der Waals surface area contributed by atoms with Gasteiger partial charge in [0.1, 0.15) is 0 Å². The summed E-state index contributed by atoms with van der Waals surface area (Å²) in [6.07, 6.45) is 1.72. The number of hydrogen-bond donors (Lipinski definition) is 1. The van der Waals surface area contributed by atoms with E-state index >= 15 is 0 Å². The molecule has 1 aromatic heterocycles. The van der Waals surface area contributed by atoms with E-state index in [4.69, 9.17) is 5.11 Å². The summed E-state index contributed by atoms with van der Waals surface area (Å²) in [6, 6.07) is 8.21. The Hall–Kier alpha value is -0.910. The summed E-state index contributed by atoms with van der Waals surface area (Å²) in [5.74, 6) is 0. The minimum Gasteiger partial charge on any atom is -0.391 e. The highest BCUT2D eigenvalue weighted by atomic mass is 79.9. The van der Waals surface area contributed by atoms with Crippen LogP contribution in [0.15, 0.2) is 34.9 Å².